The van der Waals surface area contributed by atoms with E-state index >= 15 is 0 Å². The van der Waals surface area contributed by atoms with Crippen LogP contribution in [0, 0.1) is 21.7 Å². The van der Waals surface area contributed by atoms with Gasteiger partial charge in [-0.3, -0.25) is 20.3 Å². The Kier molecular flexibility index (Phi) is 6.64. The van der Waals surface area contributed by atoms with Gasteiger partial charge in [0.05, 0.1) is 23.1 Å². The molecule has 3 aromatic carbocycles. The van der Waals surface area contributed by atoms with Gasteiger partial charge in [0.2, 0.25) is 0 Å². The molecule has 0 unspecified atom stereocenters. The number of halogens is 2. The van der Waals surface area contributed by atoms with E-state index in [0.717, 1.165) is 30.5 Å². The van der Waals surface area contributed by atoms with Crippen LogP contribution in [0.3, 0.4) is 0 Å². The average molecular weight is 462 g/mol. The number of hydrogen-bond donors (Lipinski definition) is 2. The predicted octanol–water partition coefficient (Wildman–Crippen LogP) is 4.13. The number of nitro benzene ring substituents is 1. The molecule has 3 aromatic rings. The van der Waals surface area contributed by atoms with Crippen LogP contribution >= 0.6 is 0 Å². The third-order valence-electron chi connectivity index (χ3n) is 4.16. The molecule has 32 heavy (non-hydrogen) atoms. The van der Waals surface area contributed by atoms with Gasteiger partial charge in [0.15, 0.2) is 11.6 Å². The first kappa shape index (κ1) is 22.6. The molecule has 0 amide bonds. The molecule has 0 saturated heterocycles. The van der Waals surface area contributed by atoms with Gasteiger partial charge in [-0.1, -0.05) is 6.07 Å². The lowest BCUT2D eigenvalue weighted by atomic mass is 10.2. The lowest BCUT2D eigenvalue weighted by Gasteiger charge is -2.10. The lowest BCUT2D eigenvalue weighted by Crippen LogP contribution is -2.13. The Labute approximate surface area is 181 Å². The minimum atomic E-state index is -4.12. The average Bonchev–Trinajstić information content (AvgIpc) is 2.76. The van der Waals surface area contributed by atoms with Crippen LogP contribution in [0.1, 0.15) is 5.56 Å². The number of methoxy groups -OCH3 is 1. The normalized spacial score (nSPS) is 11.3. The van der Waals surface area contributed by atoms with E-state index in [2.05, 4.69) is 15.2 Å². The monoisotopic (exact) mass is 462 g/mol. The molecule has 0 fully saturated rings. The van der Waals surface area contributed by atoms with Gasteiger partial charge in [-0.25, -0.2) is 17.2 Å². The van der Waals surface area contributed by atoms with Gasteiger partial charge in [0.1, 0.15) is 11.4 Å². The molecule has 3 rings (SSSR count). The maximum Gasteiger partial charge on any atom is 0.295 e. The van der Waals surface area contributed by atoms with Crippen molar-refractivity contribution in [3.63, 3.8) is 0 Å². The molecule has 0 aliphatic carbocycles. The van der Waals surface area contributed by atoms with Crippen LogP contribution in [-0.4, -0.2) is 26.7 Å². The summed E-state index contributed by atoms with van der Waals surface area (Å²) in [5, 5.41) is 15.2. The smallest absolute Gasteiger partial charge is 0.295 e. The number of rotatable bonds is 8. The Bertz CT molecular complexity index is 1280. The standard InChI is InChI=1S/C20H16F2N4O5S/c1-31-15-5-3-14(4-6-15)25-32(29,30)16-7-9-19(20(11-16)26(27)28)24-23-12-13-2-8-17(21)18(22)10-13/h2-12,24-25H,1H3/b23-12+. The second-order valence-electron chi connectivity index (χ2n) is 6.31. The number of hydrogen-bond acceptors (Lipinski definition) is 7. The third-order valence-corrected chi connectivity index (χ3v) is 5.54. The molecular formula is C20H16F2N4O5S. The van der Waals surface area contributed by atoms with Crippen molar-refractivity contribution in [2.45, 2.75) is 4.90 Å². The highest BCUT2D eigenvalue weighted by molar-refractivity contribution is 7.92. The summed E-state index contributed by atoms with van der Waals surface area (Å²) in [6, 6.07) is 12.3. The Hall–Kier alpha value is -4.06. The van der Waals surface area contributed by atoms with Crippen molar-refractivity contribution >= 4 is 33.3 Å². The van der Waals surface area contributed by atoms with Gasteiger partial charge >= 0.3 is 0 Å². The Morgan fingerprint density at radius 3 is 2.38 bits per heavy atom. The van der Waals surface area contributed by atoms with Crippen molar-refractivity contribution in [1.29, 1.82) is 0 Å². The second-order valence-corrected chi connectivity index (χ2v) is 8.00. The summed E-state index contributed by atoms with van der Waals surface area (Å²) in [6.45, 7) is 0. The van der Waals surface area contributed by atoms with Crippen LogP contribution in [0.15, 0.2) is 70.7 Å². The third kappa shape index (κ3) is 5.35. The van der Waals surface area contributed by atoms with Crippen molar-refractivity contribution in [3.05, 3.63) is 88.0 Å². The number of nitrogens with zero attached hydrogens (tertiary/aromatic N) is 2. The Balaban J connectivity index is 1.82. The van der Waals surface area contributed by atoms with E-state index in [4.69, 9.17) is 4.74 Å². The van der Waals surface area contributed by atoms with Crippen LogP contribution in [0.4, 0.5) is 25.8 Å². The number of benzene rings is 3. The Morgan fingerprint density at radius 1 is 1.03 bits per heavy atom. The summed E-state index contributed by atoms with van der Waals surface area (Å²) in [5.74, 6) is -1.56. The van der Waals surface area contributed by atoms with Crippen molar-refractivity contribution in [3.8, 4) is 5.75 Å². The molecule has 2 N–H and O–H groups in total. The predicted molar refractivity (Wildman–Crippen MR) is 114 cm³/mol. The number of nitro groups is 1. The number of anilines is 2. The molecule has 0 bridgehead atoms. The van der Waals surface area contributed by atoms with E-state index in [-0.39, 0.29) is 21.8 Å². The van der Waals surface area contributed by atoms with E-state index in [9.17, 15) is 27.3 Å². The SMILES string of the molecule is COc1ccc(NS(=O)(=O)c2ccc(N/N=C/c3ccc(F)c(F)c3)c([N+](=O)[O-])c2)cc1. The summed E-state index contributed by atoms with van der Waals surface area (Å²) < 4.78 is 58.8. The fourth-order valence-electron chi connectivity index (χ4n) is 2.57. The Morgan fingerprint density at radius 2 is 1.75 bits per heavy atom. The fourth-order valence-corrected chi connectivity index (χ4v) is 3.64. The summed E-state index contributed by atoms with van der Waals surface area (Å²) >= 11 is 0. The van der Waals surface area contributed by atoms with Gasteiger partial charge in [-0.15, -0.1) is 0 Å². The summed E-state index contributed by atoms with van der Waals surface area (Å²) in [4.78, 5) is 10.3. The number of hydrazone groups is 1. The number of ether oxygens (including phenoxy) is 1. The second kappa shape index (κ2) is 9.39. The molecule has 0 aliphatic heterocycles. The first-order chi connectivity index (χ1) is 15.2. The zero-order chi connectivity index (χ0) is 23.3. The van der Waals surface area contributed by atoms with Crippen molar-refractivity contribution in [2.24, 2.45) is 5.10 Å². The van der Waals surface area contributed by atoms with Crippen LogP contribution in [0.5, 0.6) is 5.75 Å². The molecule has 0 heterocycles. The first-order valence-corrected chi connectivity index (χ1v) is 10.4. The highest BCUT2D eigenvalue weighted by Gasteiger charge is 2.21. The minimum Gasteiger partial charge on any atom is -0.497 e. The van der Waals surface area contributed by atoms with Gasteiger partial charge in [0, 0.05) is 11.8 Å². The van der Waals surface area contributed by atoms with Crippen LogP contribution in [0.25, 0.3) is 0 Å². The largest absolute Gasteiger partial charge is 0.497 e. The zero-order valence-corrected chi connectivity index (χ0v) is 17.3. The van der Waals surface area contributed by atoms with E-state index < -0.39 is 32.3 Å². The van der Waals surface area contributed by atoms with E-state index in [1.54, 1.807) is 12.1 Å². The molecule has 0 aliphatic rings. The molecule has 0 atom stereocenters. The number of sulfonamides is 1. The topological polar surface area (TPSA) is 123 Å². The zero-order valence-electron chi connectivity index (χ0n) is 16.5. The van der Waals surface area contributed by atoms with Gasteiger partial charge in [0.25, 0.3) is 15.7 Å². The van der Waals surface area contributed by atoms with E-state index in [1.165, 1.54) is 31.4 Å². The molecule has 0 aromatic heterocycles. The molecule has 9 nitrogen and oxygen atoms in total. The molecular weight excluding hydrogens is 446 g/mol. The van der Waals surface area contributed by atoms with Crippen LogP contribution in [-0.2, 0) is 10.0 Å². The molecule has 12 heteroatoms. The van der Waals surface area contributed by atoms with Crippen molar-refractivity contribution in [2.75, 3.05) is 17.3 Å². The first-order valence-electron chi connectivity index (χ1n) is 8.89. The highest BCUT2D eigenvalue weighted by atomic mass is 32.2. The quantitative estimate of drug-likeness (QED) is 0.295. The van der Waals surface area contributed by atoms with Gasteiger partial charge in [-0.2, -0.15) is 5.10 Å². The maximum absolute atomic E-state index is 13.2. The number of nitrogens with one attached hydrogen (secondary N) is 2. The summed E-state index contributed by atoms with van der Waals surface area (Å²) in [6.07, 6.45) is 1.13. The molecule has 0 radical (unpaired) electrons. The van der Waals surface area contributed by atoms with Gasteiger partial charge in [-0.05, 0) is 54.1 Å². The molecule has 166 valence electrons. The van der Waals surface area contributed by atoms with Crippen molar-refractivity contribution < 1.29 is 26.9 Å². The van der Waals surface area contributed by atoms with Crippen molar-refractivity contribution in [1.82, 2.24) is 0 Å². The summed E-state index contributed by atoms with van der Waals surface area (Å²) in [7, 11) is -2.65. The van der Waals surface area contributed by atoms with Gasteiger partial charge < -0.3 is 4.74 Å². The van der Waals surface area contributed by atoms with Crippen LogP contribution < -0.4 is 14.9 Å². The summed E-state index contributed by atoms with van der Waals surface area (Å²) in [5.41, 5.74) is 2.20. The van der Waals surface area contributed by atoms with Crippen LogP contribution in [0.2, 0.25) is 0 Å². The lowest BCUT2D eigenvalue weighted by molar-refractivity contribution is -0.384. The highest BCUT2D eigenvalue weighted by Crippen LogP contribution is 2.29. The minimum absolute atomic E-state index is 0.0998. The maximum atomic E-state index is 13.2. The molecule has 0 spiro atoms. The molecule has 0 saturated carbocycles. The van der Waals surface area contributed by atoms with E-state index in [1.807, 2.05) is 0 Å². The van der Waals surface area contributed by atoms with E-state index in [0.29, 0.717) is 5.75 Å². The fraction of sp³-hybridized carbons (Fsp3) is 0.0500.